The summed E-state index contributed by atoms with van der Waals surface area (Å²) < 4.78 is 10.8. The van der Waals surface area contributed by atoms with Gasteiger partial charge in [0.1, 0.15) is 0 Å². The monoisotopic (exact) mass is 350 g/mol. The first kappa shape index (κ1) is 16.7. The van der Waals surface area contributed by atoms with Gasteiger partial charge < -0.3 is 9.26 Å². The molecule has 1 aliphatic heterocycles. The van der Waals surface area contributed by atoms with Gasteiger partial charge in [0, 0.05) is 24.4 Å². The second kappa shape index (κ2) is 7.66. The summed E-state index contributed by atoms with van der Waals surface area (Å²) in [5, 5.41) is 4.18. The summed E-state index contributed by atoms with van der Waals surface area (Å²) in [5.41, 5.74) is 2.15. The highest BCUT2D eigenvalue weighted by Crippen LogP contribution is 2.32. The second-order valence-corrected chi connectivity index (χ2v) is 6.51. The third-order valence-corrected chi connectivity index (χ3v) is 4.77. The van der Waals surface area contributed by atoms with Gasteiger partial charge in [-0.2, -0.15) is 4.98 Å². The largest absolute Gasteiger partial charge is 0.481 e. The number of hydrogen-bond acceptors (Lipinski definition) is 6. The highest BCUT2D eigenvalue weighted by Gasteiger charge is 2.29. The van der Waals surface area contributed by atoms with Crippen LogP contribution in [0.5, 0.6) is 5.88 Å². The fraction of sp³-hybridized carbons (Fsp3) is 0.350. The smallest absolute Gasteiger partial charge is 0.244 e. The van der Waals surface area contributed by atoms with Crippen molar-refractivity contribution >= 4 is 0 Å². The van der Waals surface area contributed by atoms with E-state index < -0.39 is 0 Å². The van der Waals surface area contributed by atoms with Crippen molar-refractivity contribution < 1.29 is 9.26 Å². The Hall–Kier alpha value is -2.73. The molecule has 0 radical (unpaired) electrons. The number of likely N-dealkylation sites (tertiary alicyclic amines) is 1. The molecule has 3 heterocycles. The van der Waals surface area contributed by atoms with Gasteiger partial charge in [-0.15, -0.1) is 0 Å². The number of ether oxygens (including phenoxy) is 1. The van der Waals surface area contributed by atoms with Crippen LogP contribution in [0.2, 0.25) is 0 Å². The van der Waals surface area contributed by atoms with Crippen LogP contribution in [0.4, 0.5) is 0 Å². The highest BCUT2D eigenvalue weighted by molar-refractivity contribution is 5.55. The van der Waals surface area contributed by atoms with Gasteiger partial charge >= 0.3 is 0 Å². The third-order valence-electron chi connectivity index (χ3n) is 4.77. The number of piperidine rings is 1. The van der Waals surface area contributed by atoms with Crippen molar-refractivity contribution in [2.45, 2.75) is 31.8 Å². The zero-order valence-corrected chi connectivity index (χ0v) is 14.8. The Bertz CT molecular complexity index is 850. The second-order valence-electron chi connectivity index (χ2n) is 6.51. The van der Waals surface area contributed by atoms with E-state index in [1.54, 1.807) is 13.3 Å². The summed E-state index contributed by atoms with van der Waals surface area (Å²) in [4.78, 5) is 11.2. The van der Waals surface area contributed by atoms with Crippen molar-refractivity contribution in [3.8, 4) is 17.3 Å². The molecule has 0 N–H and O–H groups in total. The van der Waals surface area contributed by atoms with Crippen molar-refractivity contribution in [1.29, 1.82) is 0 Å². The minimum atomic E-state index is 0.161. The van der Waals surface area contributed by atoms with E-state index in [-0.39, 0.29) is 6.04 Å². The number of rotatable bonds is 5. The maximum absolute atomic E-state index is 5.64. The maximum Gasteiger partial charge on any atom is 0.244 e. The minimum Gasteiger partial charge on any atom is -0.481 e. The van der Waals surface area contributed by atoms with Gasteiger partial charge in [0.25, 0.3) is 0 Å². The molecule has 0 unspecified atom stereocenters. The summed E-state index contributed by atoms with van der Waals surface area (Å²) >= 11 is 0. The Morgan fingerprint density at radius 1 is 1.19 bits per heavy atom. The summed E-state index contributed by atoms with van der Waals surface area (Å²) in [7, 11) is 1.59. The van der Waals surface area contributed by atoms with Crippen molar-refractivity contribution in [2.75, 3.05) is 13.7 Å². The Morgan fingerprint density at radius 3 is 2.92 bits per heavy atom. The molecule has 0 bridgehead atoms. The van der Waals surface area contributed by atoms with E-state index in [0.717, 1.165) is 25.1 Å². The van der Waals surface area contributed by atoms with E-state index in [1.165, 1.54) is 18.4 Å². The molecule has 1 aromatic carbocycles. The normalized spacial score (nSPS) is 18.0. The lowest BCUT2D eigenvalue weighted by Crippen LogP contribution is -2.33. The van der Waals surface area contributed by atoms with Crippen LogP contribution < -0.4 is 4.74 Å². The van der Waals surface area contributed by atoms with Gasteiger partial charge in [-0.25, -0.2) is 4.98 Å². The average Bonchev–Trinajstić information content (AvgIpc) is 3.19. The van der Waals surface area contributed by atoms with Gasteiger partial charge in [-0.05, 0) is 31.0 Å². The number of methoxy groups -OCH3 is 1. The summed E-state index contributed by atoms with van der Waals surface area (Å²) in [6.07, 6.45) is 5.10. The van der Waals surface area contributed by atoms with Crippen LogP contribution in [-0.2, 0) is 6.54 Å². The van der Waals surface area contributed by atoms with Crippen molar-refractivity contribution in [2.24, 2.45) is 0 Å². The standard InChI is InChI=1S/C20H22N4O2/c1-25-18-13-16(10-11-21-18)19-22-20(26-23-19)17-9-5-6-12-24(17)14-15-7-3-2-4-8-15/h2-4,7-8,10-11,13,17H,5-6,9,12,14H2,1H3/t17-/m0/s1. The molecule has 0 saturated carbocycles. The van der Waals surface area contributed by atoms with Crippen LogP contribution in [0.1, 0.15) is 36.8 Å². The molecule has 1 saturated heterocycles. The van der Waals surface area contributed by atoms with E-state index in [2.05, 4.69) is 44.3 Å². The van der Waals surface area contributed by atoms with E-state index in [9.17, 15) is 0 Å². The first-order valence-corrected chi connectivity index (χ1v) is 8.95. The SMILES string of the molecule is COc1cc(-c2noc([C@@H]3CCCCN3Cc3ccccc3)n2)ccn1. The molecule has 0 amide bonds. The lowest BCUT2D eigenvalue weighted by Gasteiger charge is -2.33. The molecule has 0 spiro atoms. The summed E-state index contributed by atoms with van der Waals surface area (Å²) in [6.45, 7) is 1.94. The molecule has 2 aromatic heterocycles. The fourth-order valence-electron chi connectivity index (χ4n) is 3.43. The molecule has 1 aliphatic rings. The average molecular weight is 350 g/mol. The Kier molecular flexibility index (Phi) is 4.93. The van der Waals surface area contributed by atoms with Crippen LogP contribution in [0.15, 0.2) is 53.2 Å². The minimum absolute atomic E-state index is 0.161. The van der Waals surface area contributed by atoms with Crippen LogP contribution in [-0.4, -0.2) is 33.7 Å². The lowest BCUT2D eigenvalue weighted by molar-refractivity contribution is 0.111. The van der Waals surface area contributed by atoms with E-state index in [0.29, 0.717) is 17.6 Å². The van der Waals surface area contributed by atoms with Crippen molar-refractivity contribution in [3.05, 3.63) is 60.1 Å². The fourth-order valence-corrected chi connectivity index (χ4v) is 3.43. The molecule has 26 heavy (non-hydrogen) atoms. The van der Waals surface area contributed by atoms with Gasteiger partial charge in [-0.1, -0.05) is 41.9 Å². The number of nitrogens with zero attached hydrogens (tertiary/aromatic N) is 4. The van der Waals surface area contributed by atoms with Crippen molar-refractivity contribution in [3.63, 3.8) is 0 Å². The Labute approximate surface area is 152 Å². The van der Waals surface area contributed by atoms with E-state index in [4.69, 9.17) is 9.26 Å². The number of hydrogen-bond donors (Lipinski definition) is 0. The number of benzene rings is 1. The molecule has 134 valence electrons. The van der Waals surface area contributed by atoms with Crippen LogP contribution in [0, 0.1) is 0 Å². The van der Waals surface area contributed by atoms with Gasteiger partial charge in [0.2, 0.25) is 17.6 Å². The maximum atomic E-state index is 5.64. The predicted octanol–water partition coefficient (Wildman–Crippen LogP) is 3.87. The molecule has 1 fully saturated rings. The van der Waals surface area contributed by atoms with Crippen LogP contribution >= 0.6 is 0 Å². The Balaban J connectivity index is 1.56. The van der Waals surface area contributed by atoms with Gasteiger partial charge in [0.05, 0.1) is 13.2 Å². The molecular formula is C20H22N4O2. The summed E-state index contributed by atoms with van der Waals surface area (Å²) in [6, 6.07) is 14.4. The topological polar surface area (TPSA) is 64.3 Å². The van der Waals surface area contributed by atoms with E-state index in [1.807, 2.05) is 18.2 Å². The number of pyridine rings is 1. The predicted molar refractivity (Wildman–Crippen MR) is 97.5 cm³/mol. The van der Waals surface area contributed by atoms with Crippen molar-refractivity contribution in [1.82, 2.24) is 20.0 Å². The molecule has 3 aromatic rings. The highest BCUT2D eigenvalue weighted by atomic mass is 16.5. The molecule has 1 atom stereocenters. The quantitative estimate of drug-likeness (QED) is 0.696. The molecular weight excluding hydrogens is 328 g/mol. The van der Waals surface area contributed by atoms with Crippen LogP contribution in [0.25, 0.3) is 11.4 Å². The first-order chi connectivity index (χ1) is 12.8. The zero-order valence-electron chi connectivity index (χ0n) is 14.8. The van der Waals surface area contributed by atoms with Crippen LogP contribution in [0.3, 0.4) is 0 Å². The summed E-state index contributed by atoms with van der Waals surface area (Å²) in [5.74, 6) is 1.80. The van der Waals surface area contributed by atoms with Gasteiger partial charge in [-0.3, -0.25) is 4.90 Å². The molecule has 6 heteroatoms. The first-order valence-electron chi connectivity index (χ1n) is 8.95. The lowest BCUT2D eigenvalue weighted by atomic mass is 10.0. The third kappa shape index (κ3) is 3.60. The zero-order chi connectivity index (χ0) is 17.8. The Morgan fingerprint density at radius 2 is 2.08 bits per heavy atom. The van der Waals surface area contributed by atoms with E-state index >= 15 is 0 Å². The molecule has 4 rings (SSSR count). The molecule has 6 nitrogen and oxygen atoms in total. The van der Waals surface area contributed by atoms with Gasteiger partial charge in [0.15, 0.2) is 0 Å². The number of aromatic nitrogens is 3. The molecule has 0 aliphatic carbocycles.